The van der Waals surface area contributed by atoms with Gasteiger partial charge in [-0.05, 0) is 12.8 Å². The van der Waals surface area contributed by atoms with Gasteiger partial charge in [0.1, 0.15) is 2.82 Å². The van der Waals surface area contributed by atoms with Gasteiger partial charge in [-0.2, -0.15) is 0 Å². The van der Waals surface area contributed by atoms with Crippen LogP contribution in [0.15, 0.2) is 0 Å². The molecule has 0 aromatic heterocycles. The molecule has 0 amide bonds. The predicted octanol–water partition coefficient (Wildman–Crippen LogP) is -0.293. The predicted molar refractivity (Wildman–Crippen MR) is 58.3 cm³/mol. The Kier molecular flexibility index (Phi) is 3.53. The van der Waals surface area contributed by atoms with Crippen molar-refractivity contribution in [2.24, 2.45) is 0 Å². The van der Waals surface area contributed by atoms with Gasteiger partial charge in [-0.15, -0.1) is 0 Å². The molecule has 0 bridgehead atoms. The number of rotatable bonds is 11. The SMILES string of the molecule is [2H]OC[C@H](CC)N([2H])C([2H])([2H])C([2H])([2H])N([2H])[C@@H](CC)CO[2H]. The standard InChI is InChI=1S/C10H24N2O2/c1-3-9(7-13)11-5-6-12-10(4-2)8-14/h9-14H,3-8H2,1-2H3/t9-,10-/m0/s1/i5D2,6D2,13D,14D/hD2. The lowest BCUT2D eigenvalue weighted by Gasteiger charge is -2.17. The molecular formula is C10H24N2O2. The molecule has 0 heterocycles. The Bertz CT molecular complexity index is 293. The monoisotopic (exact) mass is 212 g/mol. The third-order valence-corrected chi connectivity index (χ3v) is 1.87. The summed E-state index contributed by atoms with van der Waals surface area (Å²) in [5.41, 5.74) is 0. The highest BCUT2D eigenvalue weighted by Gasteiger charge is 2.04. The normalized spacial score (nSPS) is 26.3. The average Bonchev–Trinajstić information content (AvgIpc) is 2.48. The molecule has 0 spiro atoms. The van der Waals surface area contributed by atoms with Crippen LogP contribution in [-0.2, 0) is 0 Å². The maximum atomic E-state index is 7.94. The van der Waals surface area contributed by atoms with Crippen LogP contribution in [0.4, 0.5) is 0 Å². The summed E-state index contributed by atoms with van der Waals surface area (Å²) >= 11 is 0. The molecule has 0 aromatic rings. The lowest BCUT2D eigenvalue weighted by Crippen LogP contribution is -2.40. The summed E-state index contributed by atoms with van der Waals surface area (Å²) in [5, 5.41) is 9.17. The van der Waals surface area contributed by atoms with Crippen molar-refractivity contribution in [1.29, 1.82) is 2.86 Å². The van der Waals surface area contributed by atoms with Gasteiger partial charge in [-0.25, -0.2) is 0 Å². The quantitative estimate of drug-likeness (QED) is 0.380. The van der Waals surface area contributed by atoms with Gasteiger partial charge in [-0.1, -0.05) is 13.8 Å². The average molecular weight is 212 g/mol. The Labute approximate surface area is 98.2 Å². The number of nitrogens with one attached hydrogen (secondary N) is 2. The van der Waals surface area contributed by atoms with E-state index in [2.05, 4.69) is 10.2 Å². The van der Waals surface area contributed by atoms with Gasteiger partial charge in [0.25, 0.3) is 0 Å². The molecule has 0 fully saturated rings. The van der Waals surface area contributed by atoms with Crippen molar-refractivity contribution in [3.05, 3.63) is 0 Å². The van der Waals surface area contributed by atoms with Crippen LogP contribution in [0.1, 0.15) is 32.2 Å². The Morgan fingerprint density at radius 2 is 1.57 bits per heavy atom. The van der Waals surface area contributed by atoms with Gasteiger partial charge >= 0.3 is 0 Å². The third kappa shape index (κ3) is 6.32. The van der Waals surface area contributed by atoms with Crippen LogP contribution in [0, 0.1) is 0 Å². The summed E-state index contributed by atoms with van der Waals surface area (Å²) in [6, 6.07) is -1.66. The zero-order valence-corrected chi connectivity index (χ0v) is 8.69. The summed E-state index contributed by atoms with van der Waals surface area (Å²) < 4.78 is 60.9. The van der Waals surface area contributed by atoms with Crippen molar-refractivity contribution >= 4 is 0 Å². The van der Waals surface area contributed by atoms with Gasteiger partial charge in [0.2, 0.25) is 2.86 Å². The number of aliphatic hydroxyl groups is 2. The molecule has 0 saturated carbocycles. The summed E-state index contributed by atoms with van der Waals surface area (Å²) in [4.78, 5) is 0. The number of aliphatic hydroxyl groups excluding tert-OH is 2. The minimum absolute atomic E-state index is 0.249. The van der Waals surface area contributed by atoms with Crippen molar-refractivity contribution < 1.29 is 18.5 Å². The number of hydrogen-bond donors (Lipinski definition) is 4. The Morgan fingerprint density at radius 1 is 1.14 bits per heavy atom. The second-order valence-electron chi connectivity index (χ2n) is 2.94. The molecule has 4 N–H and O–H groups in total. The molecule has 4 heteroatoms. The topological polar surface area (TPSA) is 64.5 Å². The summed E-state index contributed by atoms with van der Waals surface area (Å²) in [5.74, 6) is 0. The van der Waals surface area contributed by atoms with E-state index in [-0.39, 0.29) is 26.1 Å². The van der Waals surface area contributed by atoms with Crippen molar-refractivity contribution in [1.82, 2.24) is 10.6 Å². The lowest BCUT2D eigenvalue weighted by molar-refractivity contribution is 0.229. The molecule has 14 heavy (non-hydrogen) atoms. The largest absolute Gasteiger partial charge is 0.395 e. The van der Waals surface area contributed by atoms with Gasteiger partial charge in [0, 0.05) is 30.6 Å². The van der Waals surface area contributed by atoms with Crippen LogP contribution in [0.3, 0.4) is 0 Å². The zero-order valence-electron chi connectivity index (χ0n) is 16.7. The Balaban J connectivity index is 5.34. The highest BCUT2D eigenvalue weighted by molar-refractivity contribution is 4.67. The highest BCUT2D eigenvalue weighted by Crippen LogP contribution is 1.89. The highest BCUT2D eigenvalue weighted by atomic mass is 16.3. The van der Waals surface area contributed by atoms with Gasteiger partial charge in [-0.3, -0.25) is 0 Å². The molecule has 0 rings (SSSR count). The molecular weight excluding hydrogens is 180 g/mol. The van der Waals surface area contributed by atoms with E-state index in [1.807, 2.05) is 0 Å². The summed E-state index contributed by atoms with van der Waals surface area (Å²) in [6.07, 6.45) is 0.562. The van der Waals surface area contributed by atoms with Crippen LogP contribution in [0.5, 0.6) is 0 Å². The van der Waals surface area contributed by atoms with Crippen LogP contribution in [-0.4, -0.2) is 51.4 Å². The second-order valence-corrected chi connectivity index (χ2v) is 2.94. The van der Waals surface area contributed by atoms with Crippen molar-refractivity contribution in [2.45, 2.75) is 38.8 Å². The van der Waals surface area contributed by atoms with Crippen molar-refractivity contribution in [3.8, 4) is 0 Å². The smallest absolute Gasteiger partial charge is 0.210 e. The molecule has 86 valence electrons. The second kappa shape index (κ2) is 9.40. The molecule has 0 radical (unpaired) electrons. The summed E-state index contributed by atoms with van der Waals surface area (Å²) in [6.45, 7) is -2.83. The third-order valence-electron chi connectivity index (χ3n) is 1.87. The van der Waals surface area contributed by atoms with Crippen LogP contribution >= 0.6 is 0 Å². The Morgan fingerprint density at radius 3 is 1.86 bits per heavy atom. The van der Waals surface area contributed by atoms with Crippen LogP contribution in [0.2, 0.25) is 2.82 Å². The van der Waals surface area contributed by atoms with E-state index in [9.17, 15) is 0 Å². The molecule has 0 aromatic carbocycles. The molecule has 0 aliphatic rings. The first-order chi connectivity index (χ1) is 10.1. The molecule has 0 aliphatic carbocycles. The first-order valence-corrected chi connectivity index (χ1v) is 4.84. The zero-order chi connectivity index (χ0) is 17.6. The van der Waals surface area contributed by atoms with Gasteiger partial charge < -0.3 is 20.8 Å². The minimum atomic E-state index is -2.83. The van der Waals surface area contributed by atoms with E-state index in [1.165, 1.54) is 0 Å². The first-order valence-electron chi connectivity index (χ1n) is 8.55. The van der Waals surface area contributed by atoms with Crippen LogP contribution in [0.25, 0.3) is 0 Å². The van der Waals surface area contributed by atoms with E-state index in [0.717, 1.165) is 0 Å². The maximum Gasteiger partial charge on any atom is 0.210 e. The fraction of sp³-hybridized carbons (Fsp3) is 1.00. The fourth-order valence-electron chi connectivity index (χ4n) is 0.733. The first kappa shape index (κ1) is 5.25. The fourth-order valence-corrected chi connectivity index (χ4v) is 0.733. The lowest BCUT2D eigenvalue weighted by atomic mass is 10.2. The number of hydrogen-bond acceptors (Lipinski definition) is 4. The van der Waals surface area contributed by atoms with Crippen LogP contribution < -0.4 is 10.6 Å². The van der Waals surface area contributed by atoms with E-state index >= 15 is 0 Å². The van der Waals surface area contributed by atoms with Crippen molar-refractivity contribution in [2.75, 3.05) is 26.2 Å². The van der Waals surface area contributed by atoms with E-state index < -0.39 is 25.1 Å². The molecule has 2 atom stereocenters. The van der Waals surface area contributed by atoms with E-state index in [1.54, 1.807) is 13.8 Å². The van der Waals surface area contributed by atoms with Gasteiger partial charge in [0.15, 0.2) is 0 Å². The Hall–Kier alpha value is -0.160. The van der Waals surface area contributed by atoms with Crippen molar-refractivity contribution in [3.63, 3.8) is 0 Å². The molecule has 0 aliphatic heterocycles. The summed E-state index contributed by atoms with van der Waals surface area (Å²) in [7, 11) is 0. The molecule has 4 nitrogen and oxygen atoms in total. The van der Waals surface area contributed by atoms with E-state index in [4.69, 9.17) is 11.2 Å². The maximum absolute atomic E-state index is 7.94. The molecule has 0 saturated heterocycles. The van der Waals surface area contributed by atoms with E-state index in [0.29, 0.717) is 10.6 Å². The minimum Gasteiger partial charge on any atom is -0.395 e. The molecule has 0 unspecified atom stereocenters. The van der Waals surface area contributed by atoms with Gasteiger partial charge in [0.05, 0.1) is 13.2 Å².